The summed E-state index contributed by atoms with van der Waals surface area (Å²) in [6.07, 6.45) is 0. The van der Waals surface area contributed by atoms with Crippen LogP contribution >= 0.6 is 0 Å². The van der Waals surface area contributed by atoms with Gasteiger partial charge in [0.15, 0.2) is 0 Å². The summed E-state index contributed by atoms with van der Waals surface area (Å²) in [5.41, 5.74) is 1.94. The van der Waals surface area contributed by atoms with Crippen LogP contribution in [0.15, 0.2) is 83.8 Å². The molecule has 2 N–H and O–H groups in total. The lowest BCUT2D eigenvalue weighted by Gasteiger charge is -2.16. The first-order valence-corrected chi connectivity index (χ1v) is 11.2. The van der Waals surface area contributed by atoms with E-state index in [9.17, 15) is 17.6 Å². The molecule has 0 aromatic heterocycles. The van der Waals surface area contributed by atoms with Crippen LogP contribution in [0.3, 0.4) is 0 Å². The summed E-state index contributed by atoms with van der Waals surface area (Å²) in [4.78, 5) is 11.7. The van der Waals surface area contributed by atoms with Crippen LogP contribution in [0.4, 0.5) is 4.39 Å². The molecule has 0 saturated heterocycles. The van der Waals surface area contributed by atoms with Gasteiger partial charge in [-0.25, -0.2) is 12.8 Å². The Bertz CT molecular complexity index is 1140. The van der Waals surface area contributed by atoms with Crippen LogP contribution < -0.4 is 14.8 Å². The summed E-state index contributed by atoms with van der Waals surface area (Å²) in [5, 5.41) is 2.62. The van der Waals surface area contributed by atoms with E-state index in [1.54, 1.807) is 0 Å². The van der Waals surface area contributed by atoms with Gasteiger partial charge in [0.05, 0.1) is 12.6 Å². The standard InChI is InChI=1S/C23H23FN2O4S/c1-17(26-31(28,29)22-14-8-6-12-20(22)24)23(27)25-15-16-30-21-13-7-5-11-19(21)18-9-3-2-4-10-18/h2-14,17,26H,15-16H2,1H3,(H,25,27)/t17-/m0/s1. The number of hydrogen-bond donors (Lipinski definition) is 2. The lowest BCUT2D eigenvalue weighted by atomic mass is 10.1. The third kappa shape index (κ3) is 5.90. The molecule has 3 aromatic carbocycles. The third-order valence-corrected chi connectivity index (χ3v) is 6.06. The highest BCUT2D eigenvalue weighted by atomic mass is 32.2. The molecule has 1 atom stereocenters. The molecule has 3 aromatic rings. The van der Waals surface area contributed by atoms with Gasteiger partial charge < -0.3 is 10.1 Å². The molecule has 0 radical (unpaired) electrons. The maximum Gasteiger partial charge on any atom is 0.244 e. The number of para-hydroxylation sites is 1. The molecule has 0 bridgehead atoms. The van der Waals surface area contributed by atoms with E-state index in [4.69, 9.17) is 4.74 Å². The smallest absolute Gasteiger partial charge is 0.244 e. The summed E-state index contributed by atoms with van der Waals surface area (Å²) in [6.45, 7) is 1.76. The van der Waals surface area contributed by atoms with Gasteiger partial charge in [0.25, 0.3) is 0 Å². The Balaban J connectivity index is 1.53. The molecular formula is C23H23FN2O4S. The molecule has 1 amide bonds. The Morgan fingerprint density at radius 1 is 0.968 bits per heavy atom. The van der Waals surface area contributed by atoms with Gasteiger partial charge in [-0.05, 0) is 30.7 Å². The highest BCUT2D eigenvalue weighted by Gasteiger charge is 2.24. The predicted octanol–water partition coefficient (Wildman–Crippen LogP) is 3.35. The van der Waals surface area contributed by atoms with Gasteiger partial charge in [0, 0.05) is 5.56 Å². The molecule has 0 fully saturated rings. The van der Waals surface area contributed by atoms with Crippen molar-refractivity contribution in [2.75, 3.05) is 13.2 Å². The molecule has 0 aliphatic carbocycles. The molecule has 0 unspecified atom stereocenters. The molecule has 6 nitrogen and oxygen atoms in total. The SMILES string of the molecule is C[C@H](NS(=O)(=O)c1ccccc1F)C(=O)NCCOc1ccccc1-c1ccccc1. The average molecular weight is 443 g/mol. The van der Waals surface area contributed by atoms with Crippen molar-refractivity contribution in [2.24, 2.45) is 0 Å². The maximum absolute atomic E-state index is 13.8. The van der Waals surface area contributed by atoms with Gasteiger partial charge in [0.1, 0.15) is 23.1 Å². The highest BCUT2D eigenvalue weighted by molar-refractivity contribution is 7.89. The van der Waals surface area contributed by atoms with E-state index in [1.807, 2.05) is 54.6 Å². The monoisotopic (exact) mass is 442 g/mol. The van der Waals surface area contributed by atoms with Gasteiger partial charge >= 0.3 is 0 Å². The molecule has 8 heteroatoms. The zero-order valence-electron chi connectivity index (χ0n) is 16.9. The minimum Gasteiger partial charge on any atom is -0.491 e. The maximum atomic E-state index is 13.8. The minimum atomic E-state index is -4.16. The van der Waals surface area contributed by atoms with E-state index in [1.165, 1.54) is 19.1 Å². The normalized spacial score (nSPS) is 12.2. The van der Waals surface area contributed by atoms with Crippen molar-refractivity contribution in [3.05, 3.63) is 84.7 Å². The second-order valence-corrected chi connectivity index (χ2v) is 8.46. The summed E-state index contributed by atoms with van der Waals surface area (Å²) in [7, 11) is -4.16. The van der Waals surface area contributed by atoms with Crippen LogP contribution in [0.1, 0.15) is 6.92 Å². The molecule has 0 aliphatic rings. The fraction of sp³-hybridized carbons (Fsp3) is 0.174. The summed E-state index contributed by atoms with van der Waals surface area (Å²) in [6, 6.07) is 21.2. The first kappa shape index (κ1) is 22.5. The molecule has 0 aliphatic heterocycles. The number of amides is 1. The zero-order valence-corrected chi connectivity index (χ0v) is 17.7. The van der Waals surface area contributed by atoms with E-state index in [-0.39, 0.29) is 13.2 Å². The van der Waals surface area contributed by atoms with Gasteiger partial charge in [-0.1, -0.05) is 60.7 Å². The number of carbonyl (C=O) groups is 1. The summed E-state index contributed by atoms with van der Waals surface area (Å²) < 4.78 is 46.4. The molecule has 0 saturated carbocycles. The van der Waals surface area contributed by atoms with Gasteiger partial charge in [-0.2, -0.15) is 4.72 Å². The fourth-order valence-electron chi connectivity index (χ4n) is 2.95. The Morgan fingerprint density at radius 2 is 1.61 bits per heavy atom. The summed E-state index contributed by atoms with van der Waals surface area (Å²) in [5.74, 6) is -0.746. The van der Waals surface area contributed by atoms with Crippen LogP contribution in [-0.4, -0.2) is 33.5 Å². The lowest BCUT2D eigenvalue weighted by Crippen LogP contribution is -2.45. The van der Waals surface area contributed by atoms with Gasteiger partial charge in [-0.3, -0.25) is 4.79 Å². The zero-order chi connectivity index (χ0) is 22.3. The highest BCUT2D eigenvalue weighted by Crippen LogP contribution is 2.29. The number of hydrogen-bond acceptors (Lipinski definition) is 4. The van der Waals surface area contributed by atoms with E-state index >= 15 is 0 Å². The molecule has 162 valence electrons. The number of benzene rings is 3. The van der Waals surface area contributed by atoms with Crippen molar-refractivity contribution < 1.29 is 22.3 Å². The molecule has 31 heavy (non-hydrogen) atoms. The Kier molecular flexibility index (Phi) is 7.38. The fourth-order valence-corrected chi connectivity index (χ4v) is 4.23. The van der Waals surface area contributed by atoms with E-state index in [0.717, 1.165) is 23.3 Å². The first-order chi connectivity index (χ1) is 14.9. The molecule has 3 rings (SSSR count). The molecular weight excluding hydrogens is 419 g/mol. The third-order valence-electron chi connectivity index (χ3n) is 4.48. The number of rotatable bonds is 9. The number of ether oxygens (including phenoxy) is 1. The Labute approximate surface area is 181 Å². The summed E-state index contributed by atoms with van der Waals surface area (Å²) >= 11 is 0. The van der Waals surface area contributed by atoms with Crippen LogP contribution in [0.2, 0.25) is 0 Å². The van der Waals surface area contributed by atoms with Crippen molar-refractivity contribution in [1.82, 2.24) is 10.0 Å². The number of carbonyl (C=O) groups excluding carboxylic acids is 1. The minimum absolute atomic E-state index is 0.174. The Hall–Kier alpha value is -3.23. The Morgan fingerprint density at radius 3 is 2.35 bits per heavy atom. The molecule has 0 heterocycles. The van der Waals surface area contributed by atoms with E-state index < -0.39 is 32.7 Å². The van der Waals surface area contributed by atoms with Crippen molar-refractivity contribution in [2.45, 2.75) is 17.9 Å². The number of halogens is 1. The second-order valence-electron chi connectivity index (χ2n) is 6.78. The van der Waals surface area contributed by atoms with Crippen molar-refractivity contribution in [1.29, 1.82) is 0 Å². The average Bonchev–Trinajstić information content (AvgIpc) is 2.77. The van der Waals surface area contributed by atoms with Crippen molar-refractivity contribution in [3.63, 3.8) is 0 Å². The van der Waals surface area contributed by atoms with Crippen LogP contribution in [0, 0.1) is 5.82 Å². The van der Waals surface area contributed by atoms with Gasteiger partial charge in [0.2, 0.25) is 15.9 Å². The van der Waals surface area contributed by atoms with Crippen LogP contribution in [0.25, 0.3) is 11.1 Å². The van der Waals surface area contributed by atoms with Gasteiger partial charge in [-0.15, -0.1) is 0 Å². The quantitative estimate of drug-likeness (QED) is 0.498. The number of nitrogens with one attached hydrogen (secondary N) is 2. The van der Waals surface area contributed by atoms with Crippen molar-refractivity contribution in [3.8, 4) is 16.9 Å². The van der Waals surface area contributed by atoms with Crippen LogP contribution in [0.5, 0.6) is 5.75 Å². The largest absolute Gasteiger partial charge is 0.491 e. The van der Waals surface area contributed by atoms with E-state index in [0.29, 0.717) is 5.75 Å². The number of sulfonamides is 1. The molecule has 0 spiro atoms. The van der Waals surface area contributed by atoms with E-state index in [2.05, 4.69) is 10.0 Å². The first-order valence-electron chi connectivity index (χ1n) is 9.70. The van der Waals surface area contributed by atoms with Crippen molar-refractivity contribution >= 4 is 15.9 Å². The topological polar surface area (TPSA) is 84.5 Å². The lowest BCUT2D eigenvalue weighted by molar-refractivity contribution is -0.122. The predicted molar refractivity (Wildman–Crippen MR) is 117 cm³/mol. The second kappa shape index (κ2) is 10.2. The van der Waals surface area contributed by atoms with Crippen LogP contribution in [-0.2, 0) is 14.8 Å².